The lowest BCUT2D eigenvalue weighted by Crippen LogP contribution is -2.38. The minimum atomic E-state index is -0.508. The van der Waals surface area contributed by atoms with Gasteiger partial charge in [0.05, 0.1) is 19.8 Å². The van der Waals surface area contributed by atoms with Gasteiger partial charge in [0.1, 0.15) is 11.6 Å². The Morgan fingerprint density at radius 1 is 1.04 bits per heavy atom. The van der Waals surface area contributed by atoms with E-state index in [-0.39, 0.29) is 24.4 Å². The summed E-state index contributed by atoms with van der Waals surface area (Å²) in [7, 11) is 1.44. The van der Waals surface area contributed by atoms with Crippen molar-refractivity contribution in [1.29, 1.82) is 0 Å². The van der Waals surface area contributed by atoms with Gasteiger partial charge < -0.3 is 14.2 Å². The summed E-state index contributed by atoms with van der Waals surface area (Å²) in [6.45, 7) is 3.75. The molecule has 5 heteroatoms. The molecule has 0 aromatic heterocycles. The monoisotopic (exact) mass is 382 g/mol. The van der Waals surface area contributed by atoms with E-state index in [0.717, 1.165) is 44.5 Å². The van der Waals surface area contributed by atoms with Crippen molar-refractivity contribution in [3.05, 3.63) is 34.9 Å². The van der Waals surface area contributed by atoms with Crippen molar-refractivity contribution in [3.8, 4) is 0 Å². The van der Waals surface area contributed by atoms with Crippen LogP contribution in [0.25, 0.3) is 0 Å². The van der Waals surface area contributed by atoms with Crippen LogP contribution in [0.5, 0.6) is 0 Å². The van der Waals surface area contributed by atoms with Gasteiger partial charge in [0.2, 0.25) is 0 Å². The molecule has 1 aliphatic carbocycles. The maximum absolute atomic E-state index is 14.2. The number of rotatable bonds is 7. The van der Waals surface area contributed by atoms with Gasteiger partial charge in [-0.15, -0.1) is 0 Å². The molecule has 152 valence electrons. The zero-order valence-corrected chi connectivity index (χ0v) is 16.5. The molecule has 2 fully saturated rings. The molecule has 1 heterocycles. The van der Waals surface area contributed by atoms with Crippen LogP contribution in [0.3, 0.4) is 0 Å². The summed E-state index contributed by atoms with van der Waals surface area (Å²) in [6, 6.07) is 2.96. The number of hydrogen-bond donors (Lipinski definition) is 0. The Kier molecular flexibility index (Phi) is 7.62. The second-order valence-electron chi connectivity index (χ2n) is 8.05. The highest BCUT2D eigenvalue weighted by Gasteiger charge is 2.33. The van der Waals surface area contributed by atoms with Crippen LogP contribution < -0.4 is 0 Å². The number of ether oxygens (including phenoxy) is 3. The van der Waals surface area contributed by atoms with Gasteiger partial charge in [0.15, 0.2) is 6.29 Å². The minimum Gasteiger partial charge on any atom is -0.380 e. The molecule has 27 heavy (non-hydrogen) atoms. The zero-order chi connectivity index (χ0) is 19.2. The zero-order valence-electron chi connectivity index (χ0n) is 16.5. The van der Waals surface area contributed by atoms with Gasteiger partial charge in [-0.05, 0) is 55.7 Å². The fourth-order valence-electron chi connectivity index (χ4n) is 4.35. The van der Waals surface area contributed by atoms with Gasteiger partial charge in [0, 0.05) is 24.5 Å². The van der Waals surface area contributed by atoms with Crippen molar-refractivity contribution in [2.75, 3.05) is 20.3 Å². The van der Waals surface area contributed by atoms with E-state index in [1.165, 1.54) is 38.5 Å². The fourth-order valence-corrected chi connectivity index (χ4v) is 4.35. The lowest BCUT2D eigenvalue weighted by molar-refractivity contribution is -0.229. The summed E-state index contributed by atoms with van der Waals surface area (Å²) in [4.78, 5) is 0. The number of hydrogen-bond acceptors (Lipinski definition) is 3. The van der Waals surface area contributed by atoms with E-state index in [9.17, 15) is 8.78 Å². The van der Waals surface area contributed by atoms with E-state index in [2.05, 4.69) is 6.92 Å². The lowest BCUT2D eigenvalue weighted by Gasteiger charge is -2.37. The molecule has 3 rings (SSSR count). The number of unbranched alkanes of at least 4 members (excludes halogenated alkanes) is 1. The van der Waals surface area contributed by atoms with Gasteiger partial charge in [-0.25, -0.2) is 8.78 Å². The molecule has 0 unspecified atom stereocenters. The minimum absolute atomic E-state index is 0.0107. The Hall–Kier alpha value is -1.04. The van der Waals surface area contributed by atoms with E-state index < -0.39 is 11.6 Å². The van der Waals surface area contributed by atoms with Crippen LogP contribution in [0.4, 0.5) is 8.78 Å². The smallest absolute Gasteiger partial charge is 0.160 e. The first-order chi connectivity index (χ1) is 13.1. The SMILES string of the molecule is CCCC[C@H]1CO[C@H](C2CCC(c3cc(F)c(COC)c(F)c3)CC2)OC1. The van der Waals surface area contributed by atoms with Crippen molar-refractivity contribution < 1.29 is 23.0 Å². The topological polar surface area (TPSA) is 27.7 Å². The Bertz CT molecular complexity index is 568. The molecule has 1 aromatic rings. The first-order valence-electron chi connectivity index (χ1n) is 10.3. The first kappa shape index (κ1) is 20.7. The number of benzene rings is 1. The van der Waals surface area contributed by atoms with Gasteiger partial charge in [-0.3, -0.25) is 0 Å². The quantitative estimate of drug-likeness (QED) is 0.617. The Balaban J connectivity index is 1.51. The second kappa shape index (κ2) is 9.94. The van der Waals surface area contributed by atoms with Gasteiger partial charge >= 0.3 is 0 Å². The molecule has 0 N–H and O–H groups in total. The van der Waals surface area contributed by atoms with Crippen molar-refractivity contribution in [1.82, 2.24) is 0 Å². The Morgan fingerprint density at radius 3 is 2.22 bits per heavy atom. The van der Waals surface area contributed by atoms with Crippen LogP contribution >= 0.6 is 0 Å². The van der Waals surface area contributed by atoms with Gasteiger partial charge in [-0.2, -0.15) is 0 Å². The molecular weight excluding hydrogens is 350 g/mol. The number of methoxy groups -OCH3 is 1. The van der Waals surface area contributed by atoms with Crippen molar-refractivity contribution in [2.45, 2.75) is 70.7 Å². The summed E-state index contributed by atoms with van der Waals surface area (Å²) in [5.74, 6) is 0.0877. The van der Waals surface area contributed by atoms with Crippen LogP contribution in [0.15, 0.2) is 12.1 Å². The molecule has 1 saturated carbocycles. The van der Waals surface area contributed by atoms with E-state index in [4.69, 9.17) is 14.2 Å². The van der Waals surface area contributed by atoms with Crippen LogP contribution in [-0.2, 0) is 20.8 Å². The Morgan fingerprint density at radius 2 is 1.67 bits per heavy atom. The highest BCUT2D eigenvalue weighted by atomic mass is 19.1. The average Bonchev–Trinajstić information content (AvgIpc) is 2.69. The summed E-state index contributed by atoms with van der Waals surface area (Å²) in [6.07, 6.45) is 7.26. The largest absolute Gasteiger partial charge is 0.380 e. The fraction of sp³-hybridized carbons (Fsp3) is 0.727. The van der Waals surface area contributed by atoms with Gasteiger partial charge in [-0.1, -0.05) is 19.8 Å². The third kappa shape index (κ3) is 5.27. The third-order valence-corrected chi connectivity index (χ3v) is 6.04. The molecule has 0 spiro atoms. The van der Waals surface area contributed by atoms with Crippen LogP contribution in [0, 0.1) is 23.5 Å². The van der Waals surface area contributed by atoms with E-state index in [1.54, 1.807) is 0 Å². The predicted molar refractivity (Wildman–Crippen MR) is 100 cm³/mol. The van der Waals surface area contributed by atoms with Crippen LogP contribution in [0.2, 0.25) is 0 Å². The summed E-state index contributed by atoms with van der Waals surface area (Å²) in [5, 5.41) is 0. The molecule has 1 aliphatic heterocycles. The van der Waals surface area contributed by atoms with Crippen LogP contribution in [0.1, 0.15) is 68.9 Å². The average molecular weight is 382 g/mol. The summed E-state index contributed by atoms with van der Waals surface area (Å²) in [5.41, 5.74) is 0.769. The summed E-state index contributed by atoms with van der Waals surface area (Å²) >= 11 is 0. The molecular formula is C22H32F2O3. The van der Waals surface area contributed by atoms with Crippen LogP contribution in [-0.4, -0.2) is 26.6 Å². The number of halogens is 2. The first-order valence-corrected chi connectivity index (χ1v) is 10.3. The lowest BCUT2D eigenvalue weighted by atomic mass is 9.78. The van der Waals surface area contributed by atoms with Crippen molar-refractivity contribution >= 4 is 0 Å². The standard InChI is InChI=1S/C22H32F2O3/c1-3-4-5-15-12-26-22(27-13-15)17-8-6-16(7-9-17)18-10-20(23)19(14-25-2)21(24)11-18/h10-11,15-17,22H,3-9,12-14H2,1-2H3/t15-,16?,17?,22-. The van der Waals surface area contributed by atoms with Crippen molar-refractivity contribution in [2.24, 2.45) is 11.8 Å². The molecule has 0 bridgehead atoms. The van der Waals surface area contributed by atoms with Crippen molar-refractivity contribution in [3.63, 3.8) is 0 Å². The predicted octanol–water partition coefficient (Wildman–Crippen LogP) is 5.56. The summed E-state index contributed by atoms with van der Waals surface area (Å²) < 4.78 is 45.2. The highest BCUT2D eigenvalue weighted by molar-refractivity contribution is 5.28. The third-order valence-electron chi connectivity index (χ3n) is 6.04. The molecule has 0 atom stereocenters. The van der Waals surface area contributed by atoms with E-state index >= 15 is 0 Å². The molecule has 0 amide bonds. The van der Waals surface area contributed by atoms with E-state index in [1.807, 2.05) is 0 Å². The molecule has 1 aromatic carbocycles. The molecule has 2 aliphatic rings. The van der Waals surface area contributed by atoms with Gasteiger partial charge in [0.25, 0.3) is 0 Å². The maximum Gasteiger partial charge on any atom is 0.160 e. The van der Waals surface area contributed by atoms with E-state index in [0.29, 0.717) is 11.8 Å². The molecule has 0 radical (unpaired) electrons. The maximum atomic E-state index is 14.2. The second-order valence-corrected chi connectivity index (χ2v) is 8.05. The molecule has 3 nitrogen and oxygen atoms in total. The Labute approximate surface area is 161 Å². The normalized spacial score (nSPS) is 29.0. The highest BCUT2D eigenvalue weighted by Crippen LogP contribution is 2.39. The molecule has 1 saturated heterocycles.